The average molecular weight is 274 g/mol. The van der Waals surface area contributed by atoms with Gasteiger partial charge < -0.3 is 9.84 Å². The van der Waals surface area contributed by atoms with Gasteiger partial charge in [-0.1, -0.05) is 24.3 Å². The van der Waals surface area contributed by atoms with Crippen LogP contribution in [0.25, 0.3) is 0 Å². The van der Waals surface area contributed by atoms with Crippen molar-refractivity contribution in [3.63, 3.8) is 0 Å². The predicted molar refractivity (Wildman–Crippen MR) is 78.4 cm³/mol. The van der Waals surface area contributed by atoms with Gasteiger partial charge in [0.05, 0.1) is 11.2 Å². The second-order valence-corrected chi connectivity index (χ2v) is 5.86. The summed E-state index contributed by atoms with van der Waals surface area (Å²) in [5, 5.41) is 10.2. The SMILES string of the molecule is CC(C)(O)[C@@H]1CCCC=C1COC(=O)c1ccccc1. The minimum absolute atomic E-state index is 0.0693. The molecule has 0 unspecified atom stereocenters. The molecule has 1 aromatic rings. The maximum Gasteiger partial charge on any atom is 0.338 e. The zero-order valence-electron chi connectivity index (χ0n) is 12.1. The average Bonchev–Trinajstić information content (AvgIpc) is 2.45. The first kappa shape index (κ1) is 14.8. The Morgan fingerprint density at radius 3 is 2.70 bits per heavy atom. The summed E-state index contributed by atoms with van der Waals surface area (Å²) >= 11 is 0. The van der Waals surface area contributed by atoms with Crippen LogP contribution in [-0.2, 0) is 4.74 Å². The van der Waals surface area contributed by atoms with Crippen molar-refractivity contribution < 1.29 is 14.6 Å². The number of hydrogen-bond acceptors (Lipinski definition) is 3. The molecule has 0 heterocycles. The van der Waals surface area contributed by atoms with E-state index in [-0.39, 0.29) is 18.5 Å². The van der Waals surface area contributed by atoms with Crippen LogP contribution in [0.5, 0.6) is 0 Å². The molecule has 108 valence electrons. The van der Waals surface area contributed by atoms with Crippen molar-refractivity contribution in [2.45, 2.75) is 38.7 Å². The molecule has 0 spiro atoms. The number of ether oxygens (including phenoxy) is 1. The minimum atomic E-state index is -0.772. The molecule has 0 fully saturated rings. The number of benzene rings is 1. The Kier molecular flexibility index (Phi) is 4.61. The second kappa shape index (κ2) is 6.23. The van der Waals surface area contributed by atoms with E-state index < -0.39 is 5.60 Å². The van der Waals surface area contributed by atoms with Gasteiger partial charge in [0.2, 0.25) is 0 Å². The summed E-state index contributed by atoms with van der Waals surface area (Å²) < 4.78 is 5.37. The molecule has 0 aromatic heterocycles. The summed E-state index contributed by atoms with van der Waals surface area (Å²) in [6, 6.07) is 8.98. The Morgan fingerprint density at radius 1 is 1.35 bits per heavy atom. The minimum Gasteiger partial charge on any atom is -0.458 e. The lowest BCUT2D eigenvalue weighted by Crippen LogP contribution is -2.35. The van der Waals surface area contributed by atoms with Crippen LogP contribution in [0.15, 0.2) is 42.0 Å². The molecule has 3 heteroatoms. The van der Waals surface area contributed by atoms with Gasteiger partial charge in [-0.15, -0.1) is 0 Å². The van der Waals surface area contributed by atoms with Crippen molar-refractivity contribution in [1.82, 2.24) is 0 Å². The lowest BCUT2D eigenvalue weighted by Gasteiger charge is -2.33. The van der Waals surface area contributed by atoms with E-state index in [1.54, 1.807) is 12.1 Å². The van der Waals surface area contributed by atoms with Crippen LogP contribution in [0.3, 0.4) is 0 Å². The summed E-state index contributed by atoms with van der Waals surface area (Å²) in [6.07, 6.45) is 5.11. The molecule has 0 amide bonds. The fraction of sp³-hybridized carbons (Fsp3) is 0.471. The van der Waals surface area contributed by atoms with Gasteiger partial charge in [-0.05, 0) is 50.8 Å². The van der Waals surface area contributed by atoms with Gasteiger partial charge in [-0.2, -0.15) is 0 Å². The number of rotatable bonds is 4. The maximum absolute atomic E-state index is 11.9. The lowest BCUT2D eigenvalue weighted by atomic mass is 9.78. The zero-order chi connectivity index (χ0) is 14.6. The van der Waals surface area contributed by atoms with Crippen molar-refractivity contribution in [3.8, 4) is 0 Å². The maximum atomic E-state index is 11.9. The lowest BCUT2D eigenvalue weighted by molar-refractivity contribution is 0.0170. The highest BCUT2D eigenvalue weighted by atomic mass is 16.5. The highest BCUT2D eigenvalue weighted by Crippen LogP contribution is 2.33. The molecule has 1 N–H and O–H groups in total. The first-order chi connectivity index (χ1) is 9.48. The first-order valence-electron chi connectivity index (χ1n) is 7.12. The van der Waals surface area contributed by atoms with Crippen molar-refractivity contribution in [3.05, 3.63) is 47.5 Å². The first-order valence-corrected chi connectivity index (χ1v) is 7.12. The molecular formula is C17H22O3. The molecular weight excluding hydrogens is 252 g/mol. The Bertz CT molecular complexity index is 483. The predicted octanol–water partition coefficient (Wildman–Crippen LogP) is 3.34. The highest BCUT2D eigenvalue weighted by molar-refractivity contribution is 5.89. The number of allylic oxidation sites excluding steroid dienone is 1. The molecule has 3 nitrogen and oxygen atoms in total. The van der Waals surface area contributed by atoms with Gasteiger partial charge in [0.25, 0.3) is 0 Å². The topological polar surface area (TPSA) is 46.5 Å². The van der Waals surface area contributed by atoms with Crippen LogP contribution in [0.4, 0.5) is 0 Å². The van der Waals surface area contributed by atoms with Crippen LogP contribution in [0.2, 0.25) is 0 Å². The Labute approximate surface area is 120 Å². The summed E-state index contributed by atoms with van der Waals surface area (Å²) in [7, 11) is 0. The van der Waals surface area contributed by atoms with E-state index >= 15 is 0 Å². The third kappa shape index (κ3) is 3.70. The van der Waals surface area contributed by atoms with E-state index in [1.807, 2.05) is 32.0 Å². The second-order valence-electron chi connectivity index (χ2n) is 5.86. The molecule has 1 aliphatic carbocycles. The van der Waals surface area contributed by atoms with Crippen molar-refractivity contribution >= 4 is 5.97 Å². The highest BCUT2D eigenvalue weighted by Gasteiger charge is 2.31. The zero-order valence-corrected chi connectivity index (χ0v) is 12.1. The monoisotopic (exact) mass is 274 g/mol. The summed E-state index contributed by atoms with van der Waals surface area (Å²) in [5.41, 5.74) is 0.822. The third-order valence-electron chi connectivity index (χ3n) is 3.78. The molecule has 0 bridgehead atoms. The molecule has 1 aliphatic rings. The molecule has 0 radical (unpaired) electrons. The number of hydrogen-bond donors (Lipinski definition) is 1. The van der Waals surface area contributed by atoms with Gasteiger partial charge in [-0.3, -0.25) is 0 Å². The van der Waals surface area contributed by atoms with Crippen LogP contribution in [0.1, 0.15) is 43.5 Å². The van der Waals surface area contributed by atoms with E-state index in [0.717, 1.165) is 24.8 Å². The smallest absolute Gasteiger partial charge is 0.338 e. The van der Waals surface area contributed by atoms with Gasteiger partial charge in [0.15, 0.2) is 0 Å². The molecule has 1 aromatic carbocycles. The van der Waals surface area contributed by atoms with Crippen molar-refractivity contribution in [2.75, 3.05) is 6.61 Å². The van der Waals surface area contributed by atoms with E-state index in [1.165, 1.54) is 0 Å². The van der Waals surface area contributed by atoms with Crippen LogP contribution >= 0.6 is 0 Å². The standard InChI is InChI=1S/C17H22O3/c1-17(2,19)15-11-7-6-10-14(15)12-20-16(18)13-8-4-3-5-9-13/h3-5,8-10,15,19H,6-7,11-12H2,1-2H3/t15-/m1/s1. The van der Waals surface area contributed by atoms with E-state index in [4.69, 9.17) is 4.74 Å². The van der Waals surface area contributed by atoms with Gasteiger partial charge in [-0.25, -0.2) is 4.79 Å². The summed E-state index contributed by atoms with van der Waals surface area (Å²) in [5.74, 6) is -0.244. The van der Waals surface area contributed by atoms with Crippen LogP contribution in [-0.4, -0.2) is 23.3 Å². The van der Waals surface area contributed by atoms with Crippen LogP contribution in [0, 0.1) is 5.92 Å². The number of carbonyl (C=O) groups excluding carboxylic acids is 1. The number of aliphatic hydroxyl groups is 1. The van der Waals surface area contributed by atoms with Gasteiger partial charge in [0.1, 0.15) is 6.61 Å². The fourth-order valence-corrected chi connectivity index (χ4v) is 2.71. The van der Waals surface area contributed by atoms with Crippen LogP contribution < -0.4 is 0 Å². The van der Waals surface area contributed by atoms with E-state index in [9.17, 15) is 9.90 Å². The third-order valence-corrected chi connectivity index (χ3v) is 3.78. The normalized spacial score (nSPS) is 19.4. The molecule has 20 heavy (non-hydrogen) atoms. The number of esters is 1. The molecule has 2 rings (SSSR count). The molecule has 0 saturated carbocycles. The largest absolute Gasteiger partial charge is 0.458 e. The van der Waals surface area contributed by atoms with Crippen molar-refractivity contribution in [1.29, 1.82) is 0 Å². The quantitative estimate of drug-likeness (QED) is 0.676. The molecule has 0 saturated heterocycles. The Balaban J connectivity index is 1.99. The fourth-order valence-electron chi connectivity index (χ4n) is 2.71. The summed E-state index contributed by atoms with van der Waals surface area (Å²) in [4.78, 5) is 11.9. The number of carbonyl (C=O) groups is 1. The molecule has 1 atom stereocenters. The van der Waals surface area contributed by atoms with Crippen molar-refractivity contribution in [2.24, 2.45) is 5.92 Å². The Hall–Kier alpha value is -1.61. The van der Waals surface area contributed by atoms with Gasteiger partial charge in [0, 0.05) is 5.92 Å². The molecule has 0 aliphatic heterocycles. The van der Waals surface area contributed by atoms with Gasteiger partial charge >= 0.3 is 5.97 Å². The summed E-state index contributed by atoms with van der Waals surface area (Å²) in [6.45, 7) is 3.90. The Morgan fingerprint density at radius 2 is 2.05 bits per heavy atom. The van der Waals surface area contributed by atoms with E-state index in [2.05, 4.69) is 6.08 Å². The van der Waals surface area contributed by atoms with E-state index in [0.29, 0.717) is 5.56 Å².